The van der Waals surface area contributed by atoms with E-state index in [2.05, 4.69) is 15.5 Å². The summed E-state index contributed by atoms with van der Waals surface area (Å²) in [6.45, 7) is 1.32. The third kappa shape index (κ3) is 4.17. The number of halogens is 1. The molecule has 0 saturated carbocycles. The number of nitrogens with zero attached hydrogens (tertiary/aromatic N) is 1. The van der Waals surface area contributed by atoms with E-state index in [1.54, 1.807) is 13.2 Å². The molecule has 1 atom stereocenters. The van der Waals surface area contributed by atoms with Crippen LogP contribution >= 0.6 is 11.6 Å². The predicted octanol–water partition coefficient (Wildman–Crippen LogP) is 0.712. The molecule has 0 spiro atoms. The quantitative estimate of drug-likeness (QED) is 0.742. The second-order valence-corrected chi connectivity index (χ2v) is 5.47. The normalized spacial score (nSPS) is 17.2. The van der Waals surface area contributed by atoms with E-state index in [4.69, 9.17) is 22.1 Å². The molecule has 1 heterocycles. The molecule has 1 aliphatic heterocycles. The van der Waals surface area contributed by atoms with Crippen molar-refractivity contribution in [3.05, 3.63) is 23.2 Å². The highest BCUT2D eigenvalue weighted by Gasteiger charge is 2.26. The van der Waals surface area contributed by atoms with Crippen LogP contribution in [0.1, 0.15) is 6.42 Å². The SMILES string of the molecule is COc1ccc(Cl)cc1N1CC[C@@H](NC(=O)CNC(N)=O)C1. The van der Waals surface area contributed by atoms with Gasteiger partial charge in [-0.3, -0.25) is 4.79 Å². The third-order valence-electron chi connectivity index (χ3n) is 3.46. The first-order valence-corrected chi connectivity index (χ1v) is 7.28. The Bertz CT molecular complexity index is 567. The first kappa shape index (κ1) is 16.2. The van der Waals surface area contributed by atoms with Crippen LogP contribution in [0.5, 0.6) is 5.75 Å². The molecule has 0 radical (unpaired) electrons. The molecule has 8 heteroatoms. The molecule has 4 N–H and O–H groups in total. The van der Waals surface area contributed by atoms with Crippen LogP contribution in [0.15, 0.2) is 18.2 Å². The molecular formula is C14H19ClN4O3. The maximum Gasteiger partial charge on any atom is 0.312 e. The van der Waals surface area contributed by atoms with Crippen LogP contribution in [0.3, 0.4) is 0 Å². The number of urea groups is 1. The van der Waals surface area contributed by atoms with Crippen molar-refractivity contribution in [1.82, 2.24) is 10.6 Å². The van der Waals surface area contributed by atoms with Crippen LogP contribution in [0.25, 0.3) is 0 Å². The second kappa shape index (κ2) is 7.22. The van der Waals surface area contributed by atoms with Gasteiger partial charge < -0.3 is 26.0 Å². The minimum atomic E-state index is -0.716. The molecule has 1 aromatic rings. The number of ether oxygens (including phenoxy) is 1. The lowest BCUT2D eigenvalue weighted by Crippen LogP contribution is -2.44. The predicted molar refractivity (Wildman–Crippen MR) is 84.4 cm³/mol. The monoisotopic (exact) mass is 326 g/mol. The summed E-state index contributed by atoms with van der Waals surface area (Å²) in [6.07, 6.45) is 0.804. The van der Waals surface area contributed by atoms with Gasteiger partial charge in [-0.1, -0.05) is 11.6 Å². The summed E-state index contributed by atoms with van der Waals surface area (Å²) < 4.78 is 5.34. The molecule has 0 aromatic heterocycles. The number of anilines is 1. The molecule has 0 unspecified atom stereocenters. The zero-order chi connectivity index (χ0) is 16.1. The fourth-order valence-corrected chi connectivity index (χ4v) is 2.62. The van der Waals surface area contributed by atoms with E-state index in [1.165, 1.54) is 0 Å². The van der Waals surface area contributed by atoms with Crippen molar-refractivity contribution < 1.29 is 14.3 Å². The lowest BCUT2D eigenvalue weighted by molar-refractivity contribution is -0.120. The van der Waals surface area contributed by atoms with Gasteiger partial charge in [-0.25, -0.2) is 4.79 Å². The average molecular weight is 327 g/mol. The molecule has 1 aromatic carbocycles. The maximum atomic E-state index is 11.7. The van der Waals surface area contributed by atoms with Gasteiger partial charge in [-0.2, -0.15) is 0 Å². The summed E-state index contributed by atoms with van der Waals surface area (Å²) in [4.78, 5) is 24.4. The van der Waals surface area contributed by atoms with E-state index < -0.39 is 6.03 Å². The Balaban J connectivity index is 1.94. The number of amides is 3. The minimum Gasteiger partial charge on any atom is -0.495 e. The highest BCUT2D eigenvalue weighted by molar-refractivity contribution is 6.30. The van der Waals surface area contributed by atoms with Gasteiger partial charge in [0, 0.05) is 24.2 Å². The first-order valence-electron chi connectivity index (χ1n) is 6.90. The second-order valence-electron chi connectivity index (χ2n) is 5.03. The summed E-state index contributed by atoms with van der Waals surface area (Å²) in [7, 11) is 1.61. The van der Waals surface area contributed by atoms with Gasteiger partial charge in [0.1, 0.15) is 5.75 Å². The van der Waals surface area contributed by atoms with E-state index in [-0.39, 0.29) is 18.5 Å². The first-order chi connectivity index (χ1) is 10.5. The Kier molecular flexibility index (Phi) is 5.32. The molecule has 2 rings (SSSR count). The molecule has 22 heavy (non-hydrogen) atoms. The molecule has 1 saturated heterocycles. The molecule has 0 bridgehead atoms. The number of hydrogen-bond acceptors (Lipinski definition) is 4. The van der Waals surface area contributed by atoms with Crippen LogP contribution in [-0.4, -0.2) is 44.7 Å². The van der Waals surface area contributed by atoms with Crippen molar-refractivity contribution in [2.24, 2.45) is 5.73 Å². The summed E-state index contributed by atoms with van der Waals surface area (Å²) >= 11 is 6.04. The fourth-order valence-electron chi connectivity index (χ4n) is 2.45. The summed E-state index contributed by atoms with van der Waals surface area (Å²) in [5.74, 6) is 0.482. The molecule has 120 valence electrons. The highest BCUT2D eigenvalue weighted by atomic mass is 35.5. The zero-order valence-electron chi connectivity index (χ0n) is 12.3. The van der Waals surface area contributed by atoms with Crippen molar-refractivity contribution in [1.29, 1.82) is 0 Å². The summed E-state index contributed by atoms with van der Waals surface area (Å²) in [6, 6.07) is 4.73. The number of nitrogens with one attached hydrogen (secondary N) is 2. The average Bonchev–Trinajstić information content (AvgIpc) is 2.93. The zero-order valence-corrected chi connectivity index (χ0v) is 13.0. The van der Waals surface area contributed by atoms with Crippen LogP contribution in [-0.2, 0) is 4.79 Å². The van der Waals surface area contributed by atoms with Crippen molar-refractivity contribution in [2.45, 2.75) is 12.5 Å². The number of primary amides is 1. The molecular weight excluding hydrogens is 308 g/mol. The Morgan fingerprint density at radius 2 is 2.27 bits per heavy atom. The lowest BCUT2D eigenvalue weighted by Gasteiger charge is -2.21. The molecule has 1 aliphatic rings. The van der Waals surface area contributed by atoms with Crippen molar-refractivity contribution in [2.75, 3.05) is 31.6 Å². The molecule has 0 aliphatic carbocycles. The third-order valence-corrected chi connectivity index (χ3v) is 3.69. The fraction of sp³-hybridized carbons (Fsp3) is 0.429. The van der Waals surface area contributed by atoms with Gasteiger partial charge in [0.15, 0.2) is 0 Å². The Morgan fingerprint density at radius 1 is 1.50 bits per heavy atom. The van der Waals surface area contributed by atoms with Crippen LogP contribution in [0.4, 0.5) is 10.5 Å². The minimum absolute atomic E-state index is 0.00543. The Morgan fingerprint density at radius 3 is 2.95 bits per heavy atom. The Hall–Kier alpha value is -2.15. The smallest absolute Gasteiger partial charge is 0.312 e. The number of carbonyl (C=O) groups is 2. The van der Waals surface area contributed by atoms with Crippen molar-refractivity contribution in [3.8, 4) is 5.75 Å². The molecule has 1 fully saturated rings. The van der Waals surface area contributed by atoms with E-state index in [0.29, 0.717) is 11.6 Å². The van der Waals surface area contributed by atoms with E-state index in [0.717, 1.165) is 24.4 Å². The van der Waals surface area contributed by atoms with Crippen LogP contribution in [0.2, 0.25) is 5.02 Å². The Labute approximate surface area is 133 Å². The largest absolute Gasteiger partial charge is 0.495 e. The number of rotatable bonds is 5. The standard InChI is InChI=1S/C14H19ClN4O3/c1-22-12-3-2-9(15)6-11(12)19-5-4-10(8-19)18-13(20)7-17-14(16)21/h2-3,6,10H,4-5,7-8H2,1H3,(H,18,20)(H3,16,17,21)/t10-/m1/s1. The van der Waals surface area contributed by atoms with Crippen molar-refractivity contribution in [3.63, 3.8) is 0 Å². The maximum absolute atomic E-state index is 11.7. The number of benzene rings is 1. The number of nitrogens with two attached hydrogens (primary N) is 1. The van der Waals surface area contributed by atoms with Gasteiger partial charge in [-0.15, -0.1) is 0 Å². The number of hydrogen-bond donors (Lipinski definition) is 3. The van der Waals surface area contributed by atoms with E-state index >= 15 is 0 Å². The van der Waals surface area contributed by atoms with Gasteiger partial charge >= 0.3 is 6.03 Å². The van der Waals surface area contributed by atoms with Crippen LogP contribution in [0, 0.1) is 0 Å². The van der Waals surface area contributed by atoms with Gasteiger partial charge in [0.2, 0.25) is 5.91 Å². The topological polar surface area (TPSA) is 96.7 Å². The van der Waals surface area contributed by atoms with E-state index in [9.17, 15) is 9.59 Å². The summed E-state index contributed by atoms with van der Waals surface area (Å²) in [5.41, 5.74) is 5.83. The van der Waals surface area contributed by atoms with Gasteiger partial charge in [0.05, 0.1) is 19.3 Å². The highest BCUT2D eigenvalue weighted by Crippen LogP contribution is 2.33. The molecule has 3 amide bonds. The summed E-state index contributed by atoms with van der Waals surface area (Å²) in [5, 5.41) is 5.76. The van der Waals surface area contributed by atoms with Gasteiger partial charge in [-0.05, 0) is 24.6 Å². The number of methoxy groups -OCH3 is 1. The van der Waals surface area contributed by atoms with E-state index in [1.807, 2.05) is 12.1 Å². The molecule has 7 nitrogen and oxygen atoms in total. The lowest BCUT2D eigenvalue weighted by atomic mass is 10.2. The van der Waals surface area contributed by atoms with Crippen LogP contribution < -0.4 is 26.0 Å². The van der Waals surface area contributed by atoms with Gasteiger partial charge in [0.25, 0.3) is 0 Å². The number of carbonyl (C=O) groups excluding carboxylic acids is 2. The van der Waals surface area contributed by atoms with Crippen molar-refractivity contribution >= 4 is 29.2 Å².